The fraction of sp³-hybridized carbons (Fsp3) is 0.350. The molecule has 1 N–H and O–H groups in total. The lowest BCUT2D eigenvalue weighted by molar-refractivity contribution is -0.124. The zero-order chi connectivity index (χ0) is 18.0. The third-order valence-electron chi connectivity index (χ3n) is 4.43. The number of hydrogen-bond donors (Lipinski definition) is 1. The zero-order valence-electron chi connectivity index (χ0n) is 14.6. The third-order valence-corrected chi connectivity index (χ3v) is 4.69. The van der Waals surface area contributed by atoms with Gasteiger partial charge in [-0.2, -0.15) is 0 Å². The molecule has 0 aliphatic carbocycles. The van der Waals surface area contributed by atoms with Crippen LogP contribution in [0.4, 0.5) is 0 Å². The first kappa shape index (κ1) is 17.6. The van der Waals surface area contributed by atoms with Crippen molar-refractivity contribution < 1.29 is 14.3 Å². The lowest BCUT2D eigenvalue weighted by Crippen LogP contribution is -2.34. The molecule has 0 bridgehead atoms. The molecule has 0 saturated heterocycles. The molecule has 1 aliphatic rings. The predicted molar refractivity (Wildman–Crippen MR) is 98.2 cm³/mol. The Labute approximate surface area is 153 Å². The van der Waals surface area contributed by atoms with Crippen LogP contribution in [-0.4, -0.2) is 12.7 Å². The van der Waals surface area contributed by atoms with Crippen LogP contribution in [0.25, 0.3) is 0 Å². The van der Waals surface area contributed by atoms with Crippen LogP contribution in [0.15, 0.2) is 42.5 Å². The molecule has 3 rings (SSSR count). The van der Waals surface area contributed by atoms with Gasteiger partial charge in [0.2, 0.25) is 12.7 Å². The maximum atomic E-state index is 12.9. The second kappa shape index (κ2) is 7.36. The van der Waals surface area contributed by atoms with Gasteiger partial charge >= 0.3 is 0 Å². The summed E-state index contributed by atoms with van der Waals surface area (Å²) in [5.74, 6) is 1.40. The molecule has 5 heteroatoms. The maximum absolute atomic E-state index is 12.9. The smallest absolute Gasteiger partial charge is 0.231 e. The highest BCUT2D eigenvalue weighted by molar-refractivity contribution is 6.30. The average Bonchev–Trinajstić information content (AvgIpc) is 3.04. The van der Waals surface area contributed by atoms with Crippen LogP contribution in [0, 0.1) is 5.92 Å². The van der Waals surface area contributed by atoms with E-state index < -0.39 is 0 Å². The van der Waals surface area contributed by atoms with E-state index in [1.54, 1.807) is 0 Å². The van der Waals surface area contributed by atoms with Gasteiger partial charge in [0, 0.05) is 5.02 Å². The Hall–Kier alpha value is -2.20. The summed E-state index contributed by atoms with van der Waals surface area (Å²) in [5, 5.41) is 3.78. The van der Waals surface area contributed by atoms with Gasteiger partial charge in [-0.3, -0.25) is 4.79 Å². The van der Waals surface area contributed by atoms with Crippen molar-refractivity contribution in [1.29, 1.82) is 0 Å². The molecule has 0 spiro atoms. The van der Waals surface area contributed by atoms with Crippen LogP contribution in [0.5, 0.6) is 11.5 Å². The summed E-state index contributed by atoms with van der Waals surface area (Å²) in [6, 6.07) is 13.1. The molecule has 25 heavy (non-hydrogen) atoms. The van der Waals surface area contributed by atoms with Gasteiger partial charge in [0.1, 0.15) is 0 Å². The summed E-state index contributed by atoms with van der Waals surface area (Å²) in [4.78, 5) is 12.9. The van der Waals surface area contributed by atoms with Crippen molar-refractivity contribution in [3.63, 3.8) is 0 Å². The quantitative estimate of drug-likeness (QED) is 0.842. The summed E-state index contributed by atoms with van der Waals surface area (Å²) < 4.78 is 10.7. The lowest BCUT2D eigenvalue weighted by Gasteiger charge is -2.24. The maximum Gasteiger partial charge on any atom is 0.231 e. The van der Waals surface area contributed by atoms with Gasteiger partial charge in [0.05, 0.1) is 12.0 Å². The minimum Gasteiger partial charge on any atom is -0.454 e. The molecule has 1 amide bonds. The number of amides is 1. The first-order chi connectivity index (χ1) is 12.0. The number of benzene rings is 2. The van der Waals surface area contributed by atoms with Crippen LogP contribution in [0.1, 0.15) is 43.9 Å². The molecule has 1 aliphatic heterocycles. The molecule has 2 unspecified atom stereocenters. The van der Waals surface area contributed by atoms with Crippen molar-refractivity contribution in [2.45, 2.75) is 32.7 Å². The van der Waals surface area contributed by atoms with Crippen LogP contribution in [0.2, 0.25) is 5.02 Å². The molecule has 0 radical (unpaired) electrons. The van der Waals surface area contributed by atoms with E-state index in [-0.39, 0.29) is 30.6 Å². The Morgan fingerprint density at radius 2 is 1.64 bits per heavy atom. The van der Waals surface area contributed by atoms with Crippen molar-refractivity contribution in [3.05, 3.63) is 58.6 Å². The second-order valence-electron chi connectivity index (χ2n) is 6.62. The van der Waals surface area contributed by atoms with Crippen LogP contribution in [0.3, 0.4) is 0 Å². The average molecular weight is 360 g/mol. The molecule has 1 heterocycles. The van der Waals surface area contributed by atoms with Crippen molar-refractivity contribution in [3.8, 4) is 11.5 Å². The minimum atomic E-state index is -0.228. The van der Waals surface area contributed by atoms with Gasteiger partial charge in [-0.15, -0.1) is 0 Å². The van der Waals surface area contributed by atoms with Crippen molar-refractivity contribution >= 4 is 17.5 Å². The van der Waals surface area contributed by atoms with Gasteiger partial charge in [-0.25, -0.2) is 0 Å². The van der Waals surface area contributed by atoms with Crippen LogP contribution in [-0.2, 0) is 4.79 Å². The lowest BCUT2D eigenvalue weighted by atomic mass is 9.87. The van der Waals surface area contributed by atoms with E-state index in [2.05, 4.69) is 5.32 Å². The number of hydrogen-bond acceptors (Lipinski definition) is 3. The zero-order valence-corrected chi connectivity index (χ0v) is 15.3. The van der Waals surface area contributed by atoms with E-state index in [9.17, 15) is 4.79 Å². The number of ether oxygens (including phenoxy) is 2. The molecule has 0 fully saturated rings. The Kier molecular flexibility index (Phi) is 5.19. The molecular formula is C20H22ClNO3. The molecule has 0 saturated carbocycles. The second-order valence-corrected chi connectivity index (χ2v) is 7.05. The summed E-state index contributed by atoms with van der Waals surface area (Å²) in [6.07, 6.45) is 0. The highest BCUT2D eigenvalue weighted by Gasteiger charge is 2.26. The van der Waals surface area contributed by atoms with E-state index in [0.717, 1.165) is 22.6 Å². The third kappa shape index (κ3) is 3.90. The van der Waals surface area contributed by atoms with Gasteiger partial charge in [-0.1, -0.05) is 43.6 Å². The number of fused-ring (bicyclic) bond motifs is 1. The normalized spacial score (nSPS) is 15.1. The molecule has 2 aromatic rings. The fourth-order valence-electron chi connectivity index (χ4n) is 3.08. The topological polar surface area (TPSA) is 47.6 Å². The molecular weight excluding hydrogens is 338 g/mol. The number of carbonyl (C=O) groups is 1. The van der Waals surface area contributed by atoms with Crippen LogP contribution >= 0.6 is 11.6 Å². The Morgan fingerprint density at radius 1 is 1.00 bits per heavy atom. The summed E-state index contributed by atoms with van der Waals surface area (Å²) in [6.45, 7) is 6.30. The van der Waals surface area contributed by atoms with E-state index in [4.69, 9.17) is 21.1 Å². The van der Waals surface area contributed by atoms with Gasteiger partial charge in [0.15, 0.2) is 11.5 Å². The molecule has 132 valence electrons. The van der Waals surface area contributed by atoms with E-state index >= 15 is 0 Å². The first-order valence-corrected chi connectivity index (χ1v) is 8.79. The van der Waals surface area contributed by atoms with E-state index in [0.29, 0.717) is 5.02 Å². The number of rotatable bonds is 5. The standard InChI is InChI=1S/C20H22ClNO3/c1-12(2)19(14-4-7-16(21)8-5-14)20(23)22-13(3)15-6-9-17-18(10-15)25-11-24-17/h4-10,12-13,19H,11H2,1-3H3,(H,22,23). The fourth-order valence-corrected chi connectivity index (χ4v) is 3.20. The molecule has 2 atom stereocenters. The van der Waals surface area contributed by atoms with Crippen molar-refractivity contribution in [1.82, 2.24) is 5.32 Å². The van der Waals surface area contributed by atoms with E-state index in [1.165, 1.54) is 0 Å². The Balaban J connectivity index is 1.75. The highest BCUT2D eigenvalue weighted by atomic mass is 35.5. The summed E-state index contributed by atoms with van der Waals surface area (Å²) in [5.41, 5.74) is 1.95. The minimum absolute atomic E-state index is 0.00230. The van der Waals surface area contributed by atoms with Gasteiger partial charge < -0.3 is 14.8 Å². The van der Waals surface area contributed by atoms with Crippen molar-refractivity contribution in [2.24, 2.45) is 5.92 Å². The summed E-state index contributed by atoms with van der Waals surface area (Å²) >= 11 is 5.96. The molecule has 2 aromatic carbocycles. The highest BCUT2D eigenvalue weighted by Crippen LogP contribution is 2.34. The number of halogens is 1. The van der Waals surface area contributed by atoms with Crippen LogP contribution < -0.4 is 14.8 Å². The van der Waals surface area contributed by atoms with Gasteiger partial charge in [-0.05, 0) is 48.2 Å². The Bertz CT molecular complexity index is 758. The van der Waals surface area contributed by atoms with Crippen molar-refractivity contribution in [2.75, 3.05) is 6.79 Å². The molecule has 0 aromatic heterocycles. The molecule has 4 nitrogen and oxygen atoms in total. The Morgan fingerprint density at radius 3 is 2.32 bits per heavy atom. The SMILES string of the molecule is CC(NC(=O)C(c1ccc(Cl)cc1)C(C)C)c1ccc2c(c1)OCO2. The van der Waals surface area contributed by atoms with Gasteiger partial charge in [0.25, 0.3) is 0 Å². The monoisotopic (exact) mass is 359 g/mol. The number of carbonyl (C=O) groups excluding carboxylic acids is 1. The summed E-state index contributed by atoms with van der Waals surface area (Å²) in [7, 11) is 0. The predicted octanol–water partition coefficient (Wildman–Crippen LogP) is 4.69. The largest absolute Gasteiger partial charge is 0.454 e. The van der Waals surface area contributed by atoms with E-state index in [1.807, 2.05) is 63.2 Å². The number of nitrogens with one attached hydrogen (secondary N) is 1. The first-order valence-electron chi connectivity index (χ1n) is 8.41.